The average molecular weight is 262 g/mol. The maximum absolute atomic E-state index is 13.0. The van der Waals surface area contributed by atoms with Gasteiger partial charge >= 0.3 is 5.97 Å². The second kappa shape index (κ2) is 5.18. The van der Waals surface area contributed by atoms with Gasteiger partial charge in [-0.25, -0.2) is 13.6 Å². The third kappa shape index (κ3) is 2.78. The normalized spacial score (nSPS) is 10.7. The number of carbonyl (C=O) groups is 1. The number of carboxylic acid groups (broad SMARTS) is 1. The molecule has 0 atom stereocenters. The van der Waals surface area contributed by atoms with Crippen molar-refractivity contribution in [3.8, 4) is 11.1 Å². The predicted octanol–water partition coefficient (Wildman–Crippen LogP) is 4.30. The molecule has 0 aliphatic carbocycles. The van der Waals surface area contributed by atoms with Crippen LogP contribution in [0.15, 0.2) is 42.5 Å². The van der Waals surface area contributed by atoms with Crippen molar-refractivity contribution in [3.05, 3.63) is 59.2 Å². The molecule has 0 fully saturated rings. The molecule has 2 aromatic carbocycles. The summed E-state index contributed by atoms with van der Waals surface area (Å²) in [7, 11) is 0. The van der Waals surface area contributed by atoms with E-state index in [0.717, 1.165) is 11.6 Å². The maximum Gasteiger partial charge on any atom is 0.335 e. The summed E-state index contributed by atoms with van der Waals surface area (Å²) in [6, 6.07) is 10.9. The number of hydrogen-bond acceptors (Lipinski definition) is 1. The molecule has 0 amide bonds. The first-order valence-electron chi connectivity index (χ1n) is 5.71. The molecule has 0 heterocycles. The minimum absolute atomic E-state index is 0.133. The Morgan fingerprint density at radius 1 is 1.11 bits per heavy atom. The first kappa shape index (κ1) is 13.2. The van der Waals surface area contributed by atoms with Gasteiger partial charge in [0.25, 0.3) is 6.43 Å². The Bertz CT molecular complexity index is 604. The molecule has 19 heavy (non-hydrogen) atoms. The van der Waals surface area contributed by atoms with E-state index in [4.69, 9.17) is 5.11 Å². The molecule has 0 unspecified atom stereocenters. The van der Waals surface area contributed by atoms with E-state index in [9.17, 15) is 13.6 Å². The standard InChI is InChI=1S/C15H12F2O2/c1-9-2-4-10(5-3-9)12-7-6-11(15(18)19)8-13(12)14(16)17/h2-8,14H,1H3,(H,18,19). The number of benzene rings is 2. The minimum Gasteiger partial charge on any atom is -0.478 e. The van der Waals surface area contributed by atoms with Gasteiger partial charge in [0.2, 0.25) is 0 Å². The Balaban J connectivity index is 2.56. The van der Waals surface area contributed by atoms with Crippen LogP contribution >= 0.6 is 0 Å². The van der Waals surface area contributed by atoms with Crippen molar-refractivity contribution in [1.82, 2.24) is 0 Å². The first-order valence-corrected chi connectivity index (χ1v) is 5.71. The monoisotopic (exact) mass is 262 g/mol. The molecule has 0 aliphatic heterocycles. The molecule has 2 rings (SSSR count). The zero-order valence-electron chi connectivity index (χ0n) is 10.2. The summed E-state index contributed by atoms with van der Waals surface area (Å²) in [4.78, 5) is 10.8. The summed E-state index contributed by atoms with van der Waals surface area (Å²) in [6.07, 6.45) is -2.71. The molecule has 0 saturated heterocycles. The van der Waals surface area contributed by atoms with Crippen LogP contribution in [0.5, 0.6) is 0 Å². The maximum atomic E-state index is 13.0. The topological polar surface area (TPSA) is 37.3 Å². The van der Waals surface area contributed by atoms with Gasteiger partial charge in [0, 0.05) is 5.56 Å². The van der Waals surface area contributed by atoms with Gasteiger partial charge in [0.05, 0.1) is 5.56 Å². The van der Waals surface area contributed by atoms with E-state index in [1.807, 2.05) is 19.1 Å². The van der Waals surface area contributed by atoms with Crippen LogP contribution in [0.2, 0.25) is 0 Å². The summed E-state index contributed by atoms with van der Waals surface area (Å²) in [5, 5.41) is 8.84. The van der Waals surface area contributed by atoms with Crippen LogP contribution in [0.1, 0.15) is 27.9 Å². The fourth-order valence-corrected chi connectivity index (χ4v) is 1.87. The number of carboxylic acids is 1. The van der Waals surface area contributed by atoms with Gasteiger partial charge in [-0.3, -0.25) is 0 Å². The Hall–Kier alpha value is -2.23. The van der Waals surface area contributed by atoms with Gasteiger partial charge in [-0.1, -0.05) is 35.9 Å². The molecule has 1 N–H and O–H groups in total. The zero-order chi connectivity index (χ0) is 14.0. The molecule has 0 spiro atoms. The lowest BCUT2D eigenvalue weighted by Gasteiger charge is -2.10. The highest BCUT2D eigenvalue weighted by atomic mass is 19.3. The van der Waals surface area contributed by atoms with Crippen molar-refractivity contribution < 1.29 is 18.7 Å². The molecular formula is C15H12F2O2. The lowest BCUT2D eigenvalue weighted by atomic mass is 9.97. The molecule has 2 nitrogen and oxygen atoms in total. The highest BCUT2D eigenvalue weighted by molar-refractivity contribution is 5.89. The van der Waals surface area contributed by atoms with Gasteiger partial charge < -0.3 is 5.11 Å². The summed E-state index contributed by atoms with van der Waals surface area (Å²) >= 11 is 0. The number of halogens is 2. The molecule has 0 radical (unpaired) electrons. The Kier molecular flexibility index (Phi) is 3.60. The van der Waals surface area contributed by atoms with Crippen molar-refractivity contribution in [2.24, 2.45) is 0 Å². The summed E-state index contributed by atoms with van der Waals surface area (Å²) in [5.74, 6) is -1.21. The summed E-state index contributed by atoms with van der Waals surface area (Å²) in [6.45, 7) is 1.91. The van der Waals surface area contributed by atoms with E-state index in [-0.39, 0.29) is 11.1 Å². The fraction of sp³-hybridized carbons (Fsp3) is 0.133. The highest BCUT2D eigenvalue weighted by Crippen LogP contribution is 2.32. The predicted molar refractivity (Wildman–Crippen MR) is 68.5 cm³/mol. The van der Waals surface area contributed by atoms with Gasteiger partial charge in [0.1, 0.15) is 0 Å². The highest BCUT2D eigenvalue weighted by Gasteiger charge is 2.16. The van der Waals surface area contributed by atoms with Crippen molar-refractivity contribution in [2.75, 3.05) is 0 Å². The summed E-state index contributed by atoms with van der Waals surface area (Å²) < 4.78 is 26.1. The zero-order valence-corrected chi connectivity index (χ0v) is 10.2. The molecule has 4 heteroatoms. The van der Waals surface area contributed by atoms with Gasteiger partial charge in [0.15, 0.2) is 0 Å². The first-order chi connectivity index (χ1) is 8.99. The van der Waals surface area contributed by atoms with Crippen LogP contribution in [0.4, 0.5) is 8.78 Å². The van der Waals surface area contributed by atoms with Crippen LogP contribution in [0.25, 0.3) is 11.1 Å². The molecule has 0 aliphatic rings. The smallest absolute Gasteiger partial charge is 0.335 e. The van der Waals surface area contributed by atoms with E-state index in [1.54, 1.807) is 12.1 Å². The molecular weight excluding hydrogens is 250 g/mol. The second-order valence-corrected chi connectivity index (χ2v) is 4.27. The Morgan fingerprint density at radius 2 is 1.74 bits per heavy atom. The van der Waals surface area contributed by atoms with Gasteiger partial charge in [-0.05, 0) is 30.2 Å². The molecule has 0 bridgehead atoms. The number of alkyl halides is 2. The van der Waals surface area contributed by atoms with Crippen molar-refractivity contribution in [1.29, 1.82) is 0 Å². The third-order valence-corrected chi connectivity index (χ3v) is 2.90. The van der Waals surface area contributed by atoms with Crippen molar-refractivity contribution in [2.45, 2.75) is 13.3 Å². The fourth-order valence-electron chi connectivity index (χ4n) is 1.87. The lowest BCUT2D eigenvalue weighted by molar-refractivity contribution is 0.0696. The van der Waals surface area contributed by atoms with Crippen LogP contribution in [0.3, 0.4) is 0 Å². The number of aryl methyl sites for hydroxylation is 1. The minimum atomic E-state index is -2.71. The van der Waals surface area contributed by atoms with E-state index in [2.05, 4.69) is 0 Å². The van der Waals surface area contributed by atoms with Crippen molar-refractivity contribution >= 4 is 5.97 Å². The number of hydrogen-bond donors (Lipinski definition) is 1. The SMILES string of the molecule is Cc1ccc(-c2ccc(C(=O)O)cc2C(F)F)cc1. The largest absolute Gasteiger partial charge is 0.478 e. The van der Waals surface area contributed by atoms with E-state index in [0.29, 0.717) is 11.1 Å². The average Bonchev–Trinajstić information content (AvgIpc) is 2.38. The van der Waals surface area contributed by atoms with E-state index >= 15 is 0 Å². The van der Waals surface area contributed by atoms with Crippen LogP contribution in [-0.4, -0.2) is 11.1 Å². The summed E-state index contributed by atoms with van der Waals surface area (Å²) in [5.41, 5.74) is 1.65. The van der Waals surface area contributed by atoms with Crippen LogP contribution in [-0.2, 0) is 0 Å². The Labute approximate surface area is 109 Å². The van der Waals surface area contributed by atoms with Crippen LogP contribution in [0, 0.1) is 6.92 Å². The number of rotatable bonds is 3. The molecule has 98 valence electrons. The second-order valence-electron chi connectivity index (χ2n) is 4.27. The van der Waals surface area contributed by atoms with E-state index < -0.39 is 12.4 Å². The number of aromatic carboxylic acids is 1. The van der Waals surface area contributed by atoms with Gasteiger partial charge in [-0.15, -0.1) is 0 Å². The quantitative estimate of drug-likeness (QED) is 0.895. The van der Waals surface area contributed by atoms with E-state index in [1.165, 1.54) is 12.1 Å². The van der Waals surface area contributed by atoms with Gasteiger partial charge in [-0.2, -0.15) is 0 Å². The molecule has 0 saturated carbocycles. The van der Waals surface area contributed by atoms with Crippen LogP contribution < -0.4 is 0 Å². The Morgan fingerprint density at radius 3 is 2.26 bits per heavy atom. The molecule has 2 aromatic rings. The lowest BCUT2D eigenvalue weighted by Crippen LogP contribution is -1.99. The molecule has 0 aromatic heterocycles. The third-order valence-electron chi connectivity index (χ3n) is 2.90. The van der Waals surface area contributed by atoms with Crippen molar-refractivity contribution in [3.63, 3.8) is 0 Å².